The number of carbonyl (C=O) groups is 2. The molecule has 32 heavy (non-hydrogen) atoms. The average molecular weight is 435 g/mol. The number of rotatable bonds is 8. The highest BCUT2D eigenvalue weighted by atomic mass is 16.2. The minimum atomic E-state index is -0.387. The van der Waals surface area contributed by atoms with Crippen LogP contribution in [0.3, 0.4) is 0 Å². The van der Waals surface area contributed by atoms with Gasteiger partial charge in [-0.15, -0.1) is 0 Å². The Bertz CT molecular complexity index is 1110. The molecule has 0 aliphatic heterocycles. The molecule has 2 amide bonds. The number of aromatic nitrogens is 2. The summed E-state index contributed by atoms with van der Waals surface area (Å²) in [6.45, 7) is 6.46. The van der Waals surface area contributed by atoms with E-state index in [1.54, 1.807) is 18.2 Å². The molecule has 3 rings (SSSR count). The largest absolute Gasteiger partial charge is 0.368 e. The minimum absolute atomic E-state index is 0.0541. The second-order valence-electron chi connectivity index (χ2n) is 8.30. The van der Waals surface area contributed by atoms with Gasteiger partial charge in [-0.25, -0.2) is 4.98 Å². The van der Waals surface area contributed by atoms with Crippen LogP contribution in [0.2, 0.25) is 0 Å². The number of hydrogen-bond acceptors (Lipinski definition) is 6. The highest BCUT2D eigenvalue weighted by Crippen LogP contribution is 2.26. The third-order valence-electron chi connectivity index (χ3n) is 5.13. The topological polar surface area (TPSA) is 136 Å². The SMILES string of the molecule is CC(C)Cc1ccc([C@H](C)C(=O)Nc2nc(N)nc3ccc(NC(=O)CCN)cc23)cc1. The van der Waals surface area contributed by atoms with Crippen molar-refractivity contribution in [1.82, 2.24) is 9.97 Å². The second-order valence-corrected chi connectivity index (χ2v) is 8.30. The maximum absolute atomic E-state index is 13.0. The number of nitrogens with zero attached hydrogens (tertiary/aromatic N) is 2. The molecule has 0 spiro atoms. The Hall–Kier alpha value is -3.52. The van der Waals surface area contributed by atoms with Crippen molar-refractivity contribution < 1.29 is 9.59 Å². The van der Waals surface area contributed by atoms with E-state index >= 15 is 0 Å². The lowest BCUT2D eigenvalue weighted by atomic mass is 9.96. The highest BCUT2D eigenvalue weighted by molar-refractivity contribution is 6.03. The van der Waals surface area contributed by atoms with Gasteiger partial charge in [-0.05, 0) is 48.6 Å². The van der Waals surface area contributed by atoms with Crippen molar-refractivity contribution in [2.45, 2.75) is 39.5 Å². The first-order valence-corrected chi connectivity index (χ1v) is 10.7. The van der Waals surface area contributed by atoms with Crippen molar-refractivity contribution >= 4 is 40.2 Å². The van der Waals surface area contributed by atoms with Gasteiger partial charge in [0, 0.05) is 24.0 Å². The Balaban J connectivity index is 1.83. The Morgan fingerprint density at radius 1 is 1.00 bits per heavy atom. The number of nitrogens with two attached hydrogens (primary N) is 2. The molecule has 0 radical (unpaired) electrons. The minimum Gasteiger partial charge on any atom is -0.368 e. The van der Waals surface area contributed by atoms with E-state index in [9.17, 15) is 9.59 Å². The molecule has 3 aromatic rings. The molecule has 0 fully saturated rings. The van der Waals surface area contributed by atoms with Crippen LogP contribution in [0.15, 0.2) is 42.5 Å². The van der Waals surface area contributed by atoms with Crippen LogP contribution in [-0.4, -0.2) is 28.3 Å². The zero-order valence-electron chi connectivity index (χ0n) is 18.7. The fourth-order valence-corrected chi connectivity index (χ4v) is 3.46. The third-order valence-corrected chi connectivity index (χ3v) is 5.13. The number of anilines is 3. The van der Waals surface area contributed by atoms with E-state index in [0.29, 0.717) is 28.3 Å². The van der Waals surface area contributed by atoms with Crippen LogP contribution in [0.5, 0.6) is 0 Å². The number of fused-ring (bicyclic) bond motifs is 1. The normalized spacial score (nSPS) is 12.0. The zero-order chi connectivity index (χ0) is 23.3. The molecule has 168 valence electrons. The quantitative estimate of drug-likeness (QED) is 0.429. The fraction of sp³-hybridized carbons (Fsp3) is 0.333. The molecule has 0 aliphatic carbocycles. The van der Waals surface area contributed by atoms with E-state index in [1.807, 2.05) is 19.1 Å². The van der Waals surface area contributed by atoms with Crippen LogP contribution in [0.25, 0.3) is 10.9 Å². The summed E-state index contributed by atoms with van der Waals surface area (Å²) in [5.74, 6) is 0.140. The van der Waals surface area contributed by atoms with E-state index in [4.69, 9.17) is 11.5 Å². The molecule has 1 heterocycles. The molecule has 8 heteroatoms. The smallest absolute Gasteiger partial charge is 0.232 e. The monoisotopic (exact) mass is 434 g/mol. The van der Waals surface area contributed by atoms with Gasteiger partial charge in [0.25, 0.3) is 0 Å². The predicted octanol–water partition coefficient (Wildman–Crippen LogP) is 3.44. The van der Waals surface area contributed by atoms with Gasteiger partial charge in [0.05, 0.1) is 11.4 Å². The van der Waals surface area contributed by atoms with E-state index in [1.165, 1.54) is 5.56 Å². The summed E-state index contributed by atoms with van der Waals surface area (Å²) in [5, 5.41) is 6.23. The Labute approximate surface area is 187 Å². The summed E-state index contributed by atoms with van der Waals surface area (Å²) in [5.41, 5.74) is 14.6. The first kappa shape index (κ1) is 23.1. The number of nitrogen functional groups attached to an aromatic ring is 1. The summed E-state index contributed by atoms with van der Waals surface area (Å²) >= 11 is 0. The molecule has 0 saturated heterocycles. The van der Waals surface area contributed by atoms with Gasteiger partial charge in [0.15, 0.2) is 0 Å². The molecule has 1 atom stereocenters. The number of hydrogen-bond donors (Lipinski definition) is 4. The molecule has 2 aromatic carbocycles. The summed E-state index contributed by atoms with van der Waals surface area (Å²) in [6, 6.07) is 13.2. The van der Waals surface area contributed by atoms with Crippen LogP contribution in [-0.2, 0) is 16.0 Å². The third kappa shape index (κ3) is 5.79. The van der Waals surface area contributed by atoms with Crippen molar-refractivity contribution in [3.8, 4) is 0 Å². The highest BCUT2D eigenvalue weighted by Gasteiger charge is 2.18. The molecule has 1 aromatic heterocycles. The number of amides is 2. The molecule has 0 unspecified atom stereocenters. The van der Waals surface area contributed by atoms with Crippen molar-refractivity contribution in [2.75, 3.05) is 22.9 Å². The summed E-state index contributed by atoms with van der Waals surface area (Å²) in [4.78, 5) is 33.3. The Kier molecular flexibility index (Phi) is 7.37. The average Bonchev–Trinajstić information content (AvgIpc) is 2.74. The van der Waals surface area contributed by atoms with Crippen LogP contribution in [0, 0.1) is 5.92 Å². The van der Waals surface area contributed by atoms with Crippen LogP contribution < -0.4 is 22.1 Å². The molecule has 0 aliphatic rings. The van der Waals surface area contributed by atoms with E-state index in [-0.39, 0.29) is 36.6 Å². The summed E-state index contributed by atoms with van der Waals surface area (Å²) in [6.07, 6.45) is 1.21. The van der Waals surface area contributed by atoms with Gasteiger partial charge >= 0.3 is 0 Å². The standard InChI is InChI=1S/C24H30N6O2/c1-14(2)12-16-4-6-17(7-5-16)15(3)23(32)29-22-19-13-18(27-21(31)10-11-25)8-9-20(19)28-24(26)30-22/h4-9,13-15H,10-12,25H2,1-3H3,(H,27,31)(H3,26,28,29,30,32)/t15-/m0/s1. The number of carbonyl (C=O) groups excluding carboxylic acids is 2. The number of benzene rings is 2. The molecular weight excluding hydrogens is 404 g/mol. The van der Waals surface area contributed by atoms with E-state index in [2.05, 4.69) is 46.6 Å². The predicted molar refractivity (Wildman–Crippen MR) is 128 cm³/mol. The van der Waals surface area contributed by atoms with Crippen molar-refractivity contribution in [3.05, 3.63) is 53.6 Å². The Morgan fingerprint density at radius 3 is 2.38 bits per heavy atom. The van der Waals surface area contributed by atoms with Gasteiger partial charge in [0.2, 0.25) is 17.8 Å². The first-order valence-electron chi connectivity index (χ1n) is 10.7. The van der Waals surface area contributed by atoms with Crippen LogP contribution in [0.1, 0.15) is 44.2 Å². The number of nitrogens with one attached hydrogen (secondary N) is 2. The van der Waals surface area contributed by atoms with Gasteiger partial charge < -0.3 is 22.1 Å². The molecular formula is C24H30N6O2. The lowest BCUT2D eigenvalue weighted by molar-refractivity contribution is -0.117. The van der Waals surface area contributed by atoms with Gasteiger partial charge in [-0.2, -0.15) is 4.98 Å². The Morgan fingerprint density at radius 2 is 1.72 bits per heavy atom. The maximum Gasteiger partial charge on any atom is 0.232 e. The van der Waals surface area contributed by atoms with Crippen LogP contribution >= 0.6 is 0 Å². The van der Waals surface area contributed by atoms with E-state index in [0.717, 1.165) is 12.0 Å². The fourth-order valence-electron chi connectivity index (χ4n) is 3.46. The van der Waals surface area contributed by atoms with Gasteiger partial charge in [-0.1, -0.05) is 38.1 Å². The molecule has 8 nitrogen and oxygen atoms in total. The van der Waals surface area contributed by atoms with E-state index < -0.39 is 0 Å². The lowest BCUT2D eigenvalue weighted by Crippen LogP contribution is -2.20. The first-order chi connectivity index (χ1) is 15.3. The summed E-state index contributed by atoms with van der Waals surface area (Å²) in [7, 11) is 0. The zero-order valence-corrected chi connectivity index (χ0v) is 18.7. The van der Waals surface area contributed by atoms with Gasteiger partial charge in [-0.3, -0.25) is 9.59 Å². The van der Waals surface area contributed by atoms with Crippen molar-refractivity contribution in [2.24, 2.45) is 11.7 Å². The lowest BCUT2D eigenvalue weighted by Gasteiger charge is -2.15. The molecule has 6 N–H and O–H groups in total. The molecule has 0 bridgehead atoms. The maximum atomic E-state index is 13.0. The van der Waals surface area contributed by atoms with Gasteiger partial charge in [0.1, 0.15) is 5.82 Å². The second kappa shape index (κ2) is 10.2. The van der Waals surface area contributed by atoms with Crippen LogP contribution in [0.4, 0.5) is 17.5 Å². The van der Waals surface area contributed by atoms with Crippen molar-refractivity contribution in [3.63, 3.8) is 0 Å². The molecule has 0 saturated carbocycles. The summed E-state index contributed by atoms with van der Waals surface area (Å²) < 4.78 is 0. The van der Waals surface area contributed by atoms with Crippen molar-refractivity contribution in [1.29, 1.82) is 0 Å².